The lowest BCUT2D eigenvalue weighted by molar-refractivity contribution is 0.281. The summed E-state index contributed by atoms with van der Waals surface area (Å²) in [5, 5.41) is 9.44. The van der Waals surface area contributed by atoms with Crippen LogP contribution in [0.25, 0.3) is 0 Å². The Balaban J connectivity index is 2.89. The van der Waals surface area contributed by atoms with Crippen molar-refractivity contribution in [1.82, 2.24) is 9.62 Å². The van der Waals surface area contributed by atoms with E-state index in [1.807, 2.05) is 25.9 Å². The second kappa shape index (κ2) is 6.67. The highest BCUT2D eigenvalue weighted by Crippen LogP contribution is 2.20. The average Bonchev–Trinajstić information content (AvgIpc) is 2.36. The number of nitrogens with one attached hydrogen (secondary N) is 1. The number of likely N-dealkylation sites (N-methyl/N-ethyl adjacent to an activating group) is 1. The van der Waals surface area contributed by atoms with Gasteiger partial charge >= 0.3 is 0 Å². The molecule has 0 spiro atoms. The summed E-state index contributed by atoms with van der Waals surface area (Å²) in [6.45, 7) is 1.94. The topological polar surface area (TPSA) is 69.6 Å². The highest BCUT2D eigenvalue weighted by atomic mass is 35.5. The van der Waals surface area contributed by atoms with Crippen molar-refractivity contribution in [2.45, 2.75) is 24.5 Å². The predicted molar refractivity (Wildman–Crippen MR) is 75.7 cm³/mol. The number of rotatable bonds is 6. The number of benzene rings is 1. The fourth-order valence-corrected chi connectivity index (χ4v) is 2.68. The molecule has 1 unspecified atom stereocenters. The normalized spacial score (nSPS) is 13.8. The minimum atomic E-state index is -3.58. The van der Waals surface area contributed by atoms with Crippen molar-refractivity contribution < 1.29 is 13.5 Å². The molecular formula is C12H19ClN2O3S. The van der Waals surface area contributed by atoms with E-state index < -0.39 is 10.0 Å². The molecule has 1 aromatic carbocycles. The third kappa shape index (κ3) is 4.43. The van der Waals surface area contributed by atoms with Crippen LogP contribution in [0.5, 0.6) is 0 Å². The van der Waals surface area contributed by atoms with Crippen molar-refractivity contribution >= 4 is 21.6 Å². The van der Waals surface area contributed by atoms with Crippen molar-refractivity contribution in [3.8, 4) is 0 Å². The van der Waals surface area contributed by atoms with Crippen molar-refractivity contribution in [1.29, 1.82) is 0 Å². The van der Waals surface area contributed by atoms with Crippen molar-refractivity contribution in [3.63, 3.8) is 0 Å². The molecule has 0 saturated heterocycles. The van der Waals surface area contributed by atoms with Crippen LogP contribution in [-0.4, -0.2) is 45.1 Å². The van der Waals surface area contributed by atoms with E-state index in [1.54, 1.807) is 0 Å². The van der Waals surface area contributed by atoms with E-state index in [0.717, 1.165) is 0 Å². The smallest absolute Gasteiger partial charge is 0.240 e. The molecule has 0 amide bonds. The summed E-state index contributed by atoms with van der Waals surface area (Å²) in [6.07, 6.45) is 0. The van der Waals surface area contributed by atoms with Crippen LogP contribution in [0.15, 0.2) is 23.1 Å². The van der Waals surface area contributed by atoms with Crippen molar-refractivity contribution in [2.24, 2.45) is 0 Å². The molecule has 0 aromatic heterocycles. The quantitative estimate of drug-likeness (QED) is 0.824. The van der Waals surface area contributed by atoms with Crippen LogP contribution in [-0.2, 0) is 16.6 Å². The summed E-state index contributed by atoms with van der Waals surface area (Å²) < 4.78 is 26.7. The molecule has 0 aliphatic heterocycles. The first-order valence-electron chi connectivity index (χ1n) is 5.83. The first-order chi connectivity index (χ1) is 8.77. The van der Waals surface area contributed by atoms with E-state index in [1.165, 1.54) is 18.2 Å². The van der Waals surface area contributed by atoms with E-state index >= 15 is 0 Å². The molecule has 5 nitrogen and oxygen atoms in total. The second-order valence-electron chi connectivity index (χ2n) is 4.58. The summed E-state index contributed by atoms with van der Waals surface area (Å²) in [6, 6.07) is 4.35. The largest absolute Gasteiger partial charge is 0.392 e. The number of hydrogen-bond acceptors (Lipinski definition) is 4. The first-order valence-corrected chi connectivity index (χ1v) is 7.69. The van der Waals surface area contributed by atoms with Crippen LogP contribution in [0.1, 0.15) is 12.5 Å². The number of sulfonamides is 1. The zero-order chi connectivity index (χ0) is 14.6. The molecule has 1 rings (SSSR count). The van der Waals surface area contributed by atoms with Gasteiger partial charge in [-0.3, -0.25) is 0 Å². The Kier molecular flexibility index (Phi) is 5.76. The maximum Gasteiger partial charge on any atom is 0.240 e. The van der Waals surface area contributed by atoms with Gasteiger partial charge in [0.2, 0.25) is 10.0 Å². The molecule has 0 bridgehead atoms. The lowest BCUT2D eigenvalue weighted by Gasteiger charge is -2.20. The van der Waals surface area contributed by atoms with Crippen LogP contribution in [0.3, 0.4) is 0 Å². The minimum absolute atomic E-state index is 0.0828. The third-order valence-corrected chi connectivity index (χ3v) is 4.74. The molecule has 0 radical (unpaired) electrons. The van der Waals surface area contributed by atoms with E-state index in [-0.39, 0.29) is 17.5 Å². The number of nitrogens with zero attached hydrogens (tertiary/aromatic N) is 1. The Hall–Kier alpha value is -0.660. The van der Waals surface area contributed by atoms with Gasteiger partial charge in [-0.1, -0.05) is 11.6 Å². The van der Waals surface area contributed by atoms with E-state index in [2.05, 4.69) is 4.72 Å². The number of aliphatic hydroxyl groups excluding tert-OH is 1. The zero-order valence-electron chi connectivity index (χ0n) is 11.2. The van der Waals surface area contributed by atoms with Gasteiger partial charge in [-0.25, -0.2) is 13.1 Å². The molecule has 0 saturated carbocycles. The monoisotopic (exact) mass is 306 g/mol. The summed E-state index contributed by atoms with van der Waals surface area (Å²) in [5.41, 5.74) is 0.394. The second-order valence-corrected chi connectivity index (χ2v) is 6.75. The van der Waals surface area contributed by atoms with E-state index in [9.17, 15) is 8.42 Å². The van der Waals surface area contributed by atoms with Gasteiger partial charge < -0.3 is 10.0 Å². The Morgan fingerprint density at radius 2 is 2.05 bits per heavy atom. The number of aliphatic hydroxyl groups is 1. The lowest BCUT2D eigenvalue weighted by atomic mass is 10.2. The Labute approximate surface area is 119 Å². The molecule has 19 heavy (non-hydrogen) atoms. The van der Waals surface area contributed by atoms with Gasteiger partial charge in [0.15, 0.2) is 0 Å². The van der Waals surface area contributed by atoms with Gasteiger partial charge in [-0.05, 0) is 44.8 Å². The molecule has 0 aliphatic carbocycles. The van der Waals surface area contributed by atoms with Crippen molar-refractivity contribution in [2.75, 3.05) is 20.6 Å². The minimum Gasteiger partial charge on any atom is -0.392 e. The molecule has 7 heteroatoms. The maximum absolute atomic E-state index is 12.1. The maximum atomic E-state index is 12.1. The summed E-state index contributed by atoms with van der Waals surface area (Å²) in [5.74, 6) is 0. The summed E-state index contributed by atoms with van der Waals surface area (Å²) >= 11 is 5.83. The highest BCUT2D eigenvalue weighted by molar-refractivity contribution is 7.89. The summed E-state index contributed by atoms with van der Waals surface area (Å²) in [7, 11) is 0.176. The Morgan fingerprint density at radius 1 is 1.42 bits per heavy atom. The van der Waals surface area contributed by atoms with Gasteiger partial charge in [0, 0.05) is 17.6 Å². The van der Waals surface area contributed by atoms with Crippen molar-refractivity contribution in [3.05, 3.63) is 28.8 Å². The zero-order valence-corrected chi connectivity index (χ0v) is 12.8. The average molecular weight is 307 g/mol. The molecule has 2 N–H and O–H groups in total. The van der Waals surface area contributed by atoms with E-state index in [4.69, 9.17) is 16.7 Å². The van der Waals surface area contributed by atoms with Crippen LogP contribution < -0.4 is 4.72 Å². The lowest BCUT2D eigenvalue weighted by Crippen LogP contribution is -2.38. The SMILES string of the molecule is CC(CNS(=O)(=O)c1ccc(Cl)c(CO)c1)N(C)C. The van der Waals surface area contributed by atoms with Crippen LogP contribution in [0.4, 0.5) is 0 Å². The number of hydrogen-bond donors (Lipinski definition) is 2. The van der Waals surface area contributed by atoms with Gasteiger partial charge in [0.05, 0.1) is 11.5 Å². The Morgan fingerprint density at radius 3 is 2.58 bits per heavy atom. The fourth-order valence-electron chi connectivity index (χ4n) is 1.34. The van der Waals surface area contributed by atoms with Crippen LogP contribution >= 0.6 is 11.6 Å². The van der Waals surface area contributed by atoms with Gasteiger partial charge in [-0.2, -0.15) is 0 Å². The number of halogens is 1. The molecule has 0 fully saturated rings. The third-order valence-electron chi connectivity index (χ3n) is 2.95. The first kappa shape index (κ1) is 16.4. The van der Waals surface area contributed by atoms with Crippen LogP contribution in [0.2, 0.25) is 5.02 Å². The standard InChI is InChI=1S/C12H19ClN2O3S/c1-9(15(2)3)7-14-19(17,18)11-4-5-12(13)10(6-11)8-16/h4-6,9,14,16H,7-8H2,1-3H3. The molecule has 0 aliphatic rings. The van der Waals surface area contributed by atoms with E-state index in [0.29, 0.717) is 17.1 Å². The Bertz CT molecular complexity index is 532. The van der Waals surface area contributed by atoms with Crippen LogP contribution in [0, 0.1) is 0 Å². The van der Waals surface area contributed by atoms with Gasteiger partial charge in [-0.15, -0.1) is 0 Å². The molecule has 0 heterocycles. The molecule has 1 aromatic rings. The summed E-state index contributed by atoms with van der Waals surface area (Å²) in [4.78, 5) is 2.02. The van der Waals surface area contributed by atoms with Gasteiger partial charge in [0.1, 0.15) is 0 Å². The molecular weight excluding hydrogens is 288 g/mol. The van der Waals surface area contributed by atoms with Gasteiger partial charge in [0.25, 0.3) is 0 Å². The highest BCUT2D eigenvalue weighted by Gasteiger charge is 2.17. The predicted octanol–water partition coefficient (Wildman–Crippen LogP) is 1.06. The molecule has 108 valence electrons. The fraction of sp³-hybridized carbons (Fsp3) is 0.500. The molecule has 1 atom stereocenters.